The van der Waals surface area contributed by atoms with Gasteiger partial charge in [-0.1, -0.05) is 0 Å². The standard InChI is InChI=1S/C18H22N6O/c19-18-21-6-3-14(23-18)13-10-22-17-16(13)15(4-7-20-17)24-8-1-2-12(11-24)5-9-25/h3-4,6-7,10,12,25H,1-2,5,8-9,11H2,(H,20,22)(H2,19,21,23). The minimum Gasteiger partial charge on any atom is -0.396 e. The number of rotatable bonds is 4. The molecule has 1 unspecified atom stereocenters. The average molecular weight is 338 g/mol. The Bertz CT molecular complexity index is 875. The summed E-state index contributed by atoms with van der Waals surface area (Å²) in [6.07, 6.45) is 8.60. The molecule has 1 aliphatic heterocycles. The quantitative estimate of drug-likeness (QED) is 0.674. The maximum absolute atomic E-state index is 9.27. The van der Waals surface area contributed by atoms with Crippen molar-refractivity contribution in [1.82, 2.24) is 19.9 Å². The largest absolute Gasteiger partial charge is 0.396 e. The van der Waals surface area contributed by atoms with Crippen LogP contribution in [0.15, 0.2) is 30.7 Å². The van der Waals surface area contributed by atoms with Gasteiger partial charge in [-0.05, 0) is 37.3 Å². The van der Waals surface area contributed by atoms with E-state index in [9.17, 15) is 5.11 Å². The number of nitrogens with one attached hydrogen (secondary N) is 1. The number of nitrogen functional groups attached to an aromatic ring is 1. The number of H-pyrrole nitrogens is 1. The van der Waals surface area contributed by atoms with Crippen LogP contribution in [-0.4, -0.2) is 44.7 Å². The number of fused-ring (bicyclic) bond motifs is 1. The Balaban J connectivity index is 1.78. The number of hydrogen-bond donors (Lipinski definition) is 3. The predicted octanol–water partition coefficient (Wildman–Crippen LogP) is 2.20. The number of anilines is 2. The smallest absolute Gasteiger partial charge is 0.220 e. The average Bonchev–Trinajstić information content (AvgIpc) is 3.06. The lowest BCUT2D eigenvalue weighted by molar-refractivity contribution is 0.244. The molecular weight excluding hydrogens is 316 g/mol. The Morgan fingerprint density at radius 3 is 3.00 bits per heavy atom. The Labute approximate surface area is 145 Å². The van der Waals surface area contributed by atoms with Crippen LogP contribution in [0.4, 0.5) is 11.6 Å². The van der Waals surface area contributed by atoms with E-state index in [2.05, 4.69) is 30.9 Å². The van der Waals surface area contributed by atoms with Crippen LogP contribution < -0.4 is 10.6 Å². The highest BCUT2D eigenvalue weighted by Gasteiger charge is 2.23. The lowest BCUT2D eigenvalue weighted by Crippen LogP contribution is -2.35. The van der Waals surface area contributed by atoms with E-state index in [-0.39, 0.29) is 12.6 Å². The third-order valence-electron chi connectivity index (χ3n) is 4.90. The van der Waals surface area contributed by atoms with Crippen molar-refractivity contribution in [3.8, 4) is 11.3 Å². The normalized spacial score (nSPS) is 18.0. The van der Waals surface area contributed by atoms with Gasteiger partial charge in [0.1, 0.15) is 5.65 Å². The van der Waals surface area contributed by atoms with E-state index in [1.165, 1.54) is 6.42 Å². The first-order valence-corrected chi connectivity index (χ1v) is 8.67. The molecule has 0 bridgehead atoms. The summed E-state index contributed by atoms with van der Waals surface area (Å²) in [6.45, 7) is 2.22. The minimum atomic E-state index is 0.250. The summed E-state index contributed by atoms with van der Waals surface area (Å²) in [5.41, 5.74) is 9.53. The fourth-order valence-corrected chi connectivity index (χ4v) is 3.73. The number of pyridine rings is 1. The van der Waals surface area contributed by atoms with Gasteiger partial charge >= 0.3 is 0 Å². The summed E-state index contributed by atoms with van der Waals surface area (Å²) in [4.78, 5) is 18.4. The van der Waals surface area contributed by atoms with Crippen LogP contribution in [0.3, 0.4) is 0 Å². The molecule has 4 heterocycles. The molecule has 0 amide bonds. The van der Waals surface area contributed by atoms with Crippen LogP contribution in [0.2, 0.25) is 0 Å². The number of nitrogens with two attached hydrogens (primary N) is 1. The van der Waals surface area contributed by atoms with Crippen molar-refractivity contribution >= 4 is 22.7 Å². The maximum Gasteiger partial charge on any atom is 0.220 e. The molecule has 7 heteroatoms. The van der Waals surface area contributed by atoms with Crippen molar-refractivity contribution in [3.05, 3.63) is 30.7 Å². The Kier molecular flexibility index (Phi) is 4.23. The lowest BCUT2D eigenvalue weighted by Gasteiger charge is -2.34. The first-order valence-electron chi connectivity index (χ1n) is 8.67. The van der Waals surface area contributed by atoms with Crippen molar-refractivity contribution in [3.63, 3.8) is 0 Å². The third kappa shape index (κ3) is 3.02. The molecule has 1 aliphatic rings. The third-order valence-corrected chi connectivity index (χ3v) is 4.90. The molecule has 3 aromatic heterocycles. The molecule has 130 valence electrons. The van der Waals surface area contributed by atoms with Crippen molar-refractivity contribution in [2.45, 2.75) is 19.3 Å². The van der Waals surface area contributed by atoms with Crippen molar-refractivity contribution in [1.29, 1.82) is 0 Å². The first kappa shape index (κ1) is 15.8. The molecule has 25 heavy (non-hydrogen) atoms. The molecule has 1 atom stereocenters. The number of hydrogen-bond acceptors (Lipinski definition) is 6. The fourth-order valence-electron chi connectivity index (χ4n) is 3.73. The van der Waals surface area contributed by atoms with Gasteiger partial charge in [-0.2, -0.15) is 0 Å². The monoisotopic (exact) mass is 338 g/mol. The molecular formula is C18H22N6O. The van der Waals surface area contributed by atoms with Crippen LogP contribution in [-0.2, 0) is 0 Å². The van der Waals surface area contributed by atoms with Crippen LogP contribution in [0.5, 0.6) is 0 Å². The highest BCUT2D eigenvalue weighted by atomic mass is 16.3. The molecule has 0 aliphatic carbocycles. The maximum atomic E-state index is 9.27. The van der Waals surface area contributed by atoms with Gasteiger partial charge in [-0.15, -0.1) is 0 Å². The minimum absolute atomic E-state index is 0.250. The first-order chi connectivity index (χ1) is 12.3. The van der Waals surface area contributed by atoms with Crippen LogP contribution >= 0.6 is 0 Å². The second kappa shape index (κ2) is 6.68. The van der Waals surface area contributed by atoms with Crippen molar-refractivity contribution in [2.75, 3.05) is 30.3 Å². The highest BCUT2D eigenvalue weighted by molar-refractivity contribution is 6.02. The van der Waals surface area contributed by atoms with E-state index in [0.29, 0.717) is 5.92 Å². The highest BCUT2D eigenvalue weighted by Crippen LogP contribution is 2.36. The molecule has 0 saturated carbocycles. The van der Waals surface area contributed by atoms with Crippen LogP contribution in [0, 0.1) is 5.92 Å². The molecule has 4 rings (SSSR count). The van der Waals surface area contributed by atoms with Crippen molar-refractivity contribution in [2.24, 2.45) is 5.92 Å². The van der Waals surface area contributed by atoms with E-state index in [1.54, 1.807) is 6.20 Å². The number of nitrogens with zero attached hydrogens (tertiary/aromatic N) is 4. The lowest BCUT2D eigenvalue weighted by atomic mass is 9.94. The van der Waals surface area contributed by atoms with Gasteiger partial charge in [0.25, 0.3) is 0 Å². The molecule has 4 N–H and O–H groups in total. The summed E-state index contributed by atoms with van der Waals surface area (Å²) in [6, 6.07) is 3.92. The fraction of sp³-hybridized carbons (Fsp3) is 0.389. The zero-order chi connectivity index (χ0) is 17.2. The predicted molar refractivity (Wildman–Crippen MR) is 98.2 cm³/mol. The van der Waals surface area contributed by atoms with E-state index >= 15 is 0 Å². The number of piperidine rings is 1. The Hall–Kier alpha value is -2.67. The SMILES string of the molecule is Nc1nccc(-c2c[nH]c3nccc(N4CCCC(CCO)C4)c23)n1. The Morgan fingerprint density at radius 2 is 2.16 bits per heavy atom. The van der Waals surface area contributed by atoms with Gasteiger partial charge in [0.2, 0.25) is 5.95 Å². The second-order valence-electron chi connectivity index (χ2n) is 6.52. The topological polar surface area (TPSA) is 104 Å². The van der Waals surface area contributed by atoms with E-state index < -0.39 is 0 Å². The van der Waals surface area contributed by atoms with Crippen LogP contribution in [0.1, 0.15) is 19.3 Å². The van der Waals surface area contributed by atoms with E-state index in [0.717, 1.165) is 53.9 Å². The van der Waals surface area contributed by atoms with Gasteiger partial charge in [-0.25, -0.2) is 15.0 Å². The van der Waals surface area contributed by atoms with Gasteiger partial charge in [0, 0.05) is 49.5 Å². The van der Waals surface area contributed by atoms with Gasteiger partial charge in [0.05, 0.1) is 11.1 Å². The number of aliphatic hydroxyl groups is 1. The van der Waals surface area contributed by atoms with E-state index in [4.69, 9.17) is 5.73 Å². The van der Waals surface area contributed by atoms with E-state index in [1.807, 2.05) is 18.5 Å². The molecule has 1 fully saturated rings. The Morgan fingerprint density at radius 1 is 1.28 bits per heavy atom. The molecule has 3 aromatic rings. The zero-order valence-electron chi connectivity index (χ0n) is 14.0. The summed E-state index contributed by atoms with van der Waals surface area (Å²) < 4.78 is 0. The van der Waals surface area contributed by atoms with Gasteiger partial charge in [-0.3, -0.25) is 0 Å². The number of aromatic amines is 1. The molecule has 1 saturated heterocycles. The van der Waals surface area contributed by atoms with Crippen molar-refractivity contribution < 1.29 is 5.11 Å². The van der Waals surface area contributed by atoms with Gasteiger partial charge in [0.15, 0.2) is 0 Å². The number of aromatic nitrogens is 4. The zero-order valence-corrected chi connectivity index (χ0v) is 14.0. The van der Waals surface area contributed by atoms with Crippen LogP contribution in [0.25, 0.3) is 22.3 Å². The second-order valence-corrected chi connectivity index (χ2v) is 6.52. The molecule has 0 radical (unpaired) electrons. The molecule has 0 aromatic carbocycles. The summed E-state index contributed by atoms with van der Waals surface area (Å²) in [5, 5.41) is 10.3. The summed E-state index contributed by atoms with van der Waals surface area (Å²) >= 11 is 0. The number of aliphatic hydroxyl groups excluding tert-OH is 1. The summed E-state index contributed by atoms with van der Waals surface area (Å²) in [5.74, 6) is 0.789. The summed E-state index contributed by atoms with van der Waals surface area (Å²) in [7, 11) is 0. The molecule has 0 spiro atoms. The molecule has 7 nitrogen and oxygen atoms in total. The van der Waals surface area contributed by atoms with Gasteiger partial charge < -0.3 is 20.7 Å².